The van der Waals surface area contributed by atoms with E-state index in [1.165, 1.54) is 20.0 Å². The maximum atomic E-state index is 15.8. The van der Waals surface area contributed by atoms with Crippen LogP contribution in [0.1, 0.15) is 62.2 Å². The highest BCUT2D eigenvalue weighted by molar-refractivity contribution is 5.85. The second-order valence-corrected chi connectivity index (χ2v) is 11.3. The molecule has 42 heavy (non-hydrogen) atoms. The number of pyridine rings is 1. The number of hydrogen-bond acceptors (Lipinski definition) is 5. The summed E-state index contributed by atoms with van der Waals surface area (Å²) in [6.45, 7) is 5.09. The number of aromatic amines is 1. The van der Waals surface area contributed by atoms with E-state index in [-0.39, 0.29) is 43.5 Å². The average Bonchev–Trinajstić information content (AvgIpc) is 3.29. The zero-order chi connectivity index (χ0) is 30.0. The van der Waals surface area contributed by atoms with Crippen LogP contribution in [0.3, 0.4) is 0 Å². The number of nitrogens with zero attached hydrogens (tertiary/aromatic N) is 2. The zero-order valence-electron chi connectivity index (χ0n) is 23.8. The van der Waals surface area contributed by atoms with Gasteiger partial charge in [0.05, 0.1) is 24.5 Å². The van der Waals surface area contributed by atoms with Gasteiger partial charge in [-0.3, -0.25) is 14.7 Å². The molecule has 1 aliphatic rings. The fraction of sp³-hybridized carbons (Fsp3) is 0.375. The molecular weight excluding hydrogens is 547 g/mol. The molecule has 4 aromatic rings. The Morgan fingerprint density at radius 2 is 1.86 bits per heavy atom. The third-order valence-electron chi connectivity index (χ3n) is 7.39. The molecule has 0 unspecified atom stereocenters. The molecule has 0 amide bonds. The lowest BCUT2D eigenvalue weighted by atomic mass is 9.87. The minimum atomic E-state index is -1.59. The Bertz CT molecular complexity index is 1540. The summed E-state index contributed by atoms with van der Waals surface area (Å²) in [6, 6.07) is 12.3. The van der Waals surface area contributed by atoms with E-state index in [9.17, 15) is 9.18 Å². The van der Waals surface area contributed by atoms with E-state index in [4.69, 9.17) is 14.6 Å². The highest BCUT2D eigenvalue weighted by Crippen LogP contribution is 2.43. The molecule has 0 fully saturated rings. The number of nitrogens with one attached hydrogen (secondary N) is 1. The van der Waals surface area contributed by atoms with Gasteiger partial charge in [0, 0.05) is 53.3 Å². The van der Waals surface area contributed by atoms with Crippen molar-refractivity contribution in [2.75, 3.05) is 13.2 Å². The predicted molar refractivity (Wildman–Crippen MR) is 152 cm³/mol. The maximum absolute atomic E-state index is 15.8. The van der Waals surface area contributed by atoms with Gasteiger partial charge < -0.3 is 19.6 Å². The van der Waals surface area contributed by atoms with Gasteiger partial charge in [-0.2, -0.15) is 0 Å². The smallest absolute Gasteiger partial charge is 0.303 e. The second kappa shape index (κ2) is 12.1. The molecule has 7 nitrogen and oxygen atoms in total. The normalized spacial score (nSPS) is 17.3. The van der Waals surface area contributed by atoms with E-state index >= 15 is 8.78 Å². The van der Waals surface area contributed by atoms with Gasteiger partial charge in [0.2, 0.25) is 0 Å². The Kier molecular flexibility index (Phi) is 8.45. The van der Waals surface area contributed by atoms with E-state index < -0.39 is 29.3 Å². The van der Waals surface area contributed by atoms with Crippen LogP contribution >= 0.6 is 0 Å². The number of hydrogen-bond donors (Lipinski definition) is 2. The molecule has 3 heterocycles. The van der Waals surface area contributed by atoms with Crippen molar-refractivity contribution < 1.29 is 32.5 Å². The number of halogens is 3. The number of fused-ring (bicyclic) bond motifs is 3. The van der Waals surface area contributed by atoms with E-state index in [1.807, 2.05) is 36.1 Å². The van der Waals surface area contributed by atoms with Crippen molar-refractivity contribution in [3.63, 3.8) is 0 Å². The van der Waals surface area contributed by atoms with Crippen LogP contribution < -0.4 is 9.47 Å². The number of aromatic nitrogens is 2. The van der Waals surface area contributed by atoms with Crippen LogP contribution in [0, 0.1) is 11.6 Å². The van der Waals surface area contributed by atoms with Gasteiger partial charge in [-0.15, -0.1) is 0 Å². The number of carbonyl (C=O) groups is 1. The summed E-state index contributed by atoms with van der Waals surface area (Å²) in [4.78, 5) is 20.0. The van der Waals surface area contributed by atoms with Gasteiger partial charge >= 0.3 is 5.97 Å². The number of alkyl halides is 1. The topological polar surface area (TPSA) is 87.7 Å². The molecule has 222 valence electrons. The van der Waals surface area contributed by atoms with Crippen LogP contribution in [0.25, 0.3) is 10.9 Å². The van der Waals surface area contributed by atoms with Gasteiger partial charge in [0.25, 0.3) is 0 Å². The summed E-state index contributed by atoms with van der Waals surface area (Å²) < 4.78 is 57.8. The summed E-state index contributed by atoms with van der Waals surface area (Å²) in [6.07, 6.45) is 2.49. The Hall–Kier alpha value is -4.05. The zero-order valence-corrected chi connectivity index (χ0v) is 23.8. The van der Waals surface area contributed by atoms with Gasteiger partial charge in [0.1, 0.15) is 35.4 Å². The molecule has 0 aliphatic carbocycles. The van der Waals surface area contributed by atoms with Gasteiger partial charge in [-0.25, -0.2) is 13.2 Å². The van der Waals surface area contributed by atoms with Crippen molar-refractivity contribution >= 4 is 16.9 Å². The summed E-state index contributed by atoms with van der Waals surface area (Å²) in [5.74, 6) is -1.98. The van der Waals surface area contributed by atoms with Crippen molar-refractivity contribution in [2.45, 2.75) is 64.4 Å². The number of H-pyrrole nitrogens is 1. The van der Waals surface area contributed by atoms with Crippen LogP contribution in [0.2, 0.25) is 0 Å². The van der Waals surface area contributed by atoms with E-state index in [2.05, 4.69) is 9.97 Å². The lowest BCUT2D eigenvalue weighted by Crippen LogP contribution is -2.48. The lowest BCUT2D eigenvalue weighted by molar-refractivity contribution is -0.137. The highest BCUT2D eigenvalue weighted by atomic mass is 19.1. The predicted octanol–water partition coefficient (Wildman–Crippen LogP) is 6.75. The van der Waals surface area contributed by atoms with Gasteiger partial charge in [0.15, 0.2) is 0 Å². The Balaban J connectivity index is 1.38. The van der Waals surface area contributed by atoms with Crippen molar-refractivity contribution in [1.29, 1.82) is 0 Å². The quantitative estimate of drug-likeness (QED) is 0.191. The molecule has 2 aromatic heterocycles. The maximum Gasteiger partial charge on any atom is 0.303 e. The first kappa shape index (κ1) is 29.4. The minimum Gasteiger partial charge on any atom is -0.492 e. The first-order valence-electron chi connectivity index (χ1n) is 14.0. The molecule has 0 spiro atoms. The monoisotopic (exact) mass is 581 g/mol. The fourth-order valence-electron chi connectivity index (χ4n) is 5.56. The third kappa shape index (κ3) is 6.54. The van der Waals surface area contributed by atoms with Gasteiger partial charge in [-0.1, -0.05) is 18.2 Å². The lowest BCUT2D eigenvalue weighted by Gasteiger charge is -2.43. The number of carboxylic acids is 1. The Labute approximate surface area is 242 Å². The van der Waals surface area contributed by atoms with E-state index in [1.54, 1.807) is 12.1 Å². The summed E-state index contributed by atoms with van der Waals surface area (Å²) in [5.41, 5.74) is 1.28. The molecule has 0 saturated carbocycles. The molecule has 1 aliphatic heterocycles. The molecule has 10 heteroatoms. The summed E-state index contributed by atoms with van der Waals surface area (Å²) >= 11 is 0. The number of benzene rings is 2. The fourth-order valence-corrected chi connectivity index (χ4v) is 5.56. The van der Waals surface area contributed by atoms with E-state index in [0.29, 0.717) is 30.0 Å². The van der Waals surface area contributed by atoms with Crippen molar-refractivity contribution in [3.05, 3.63) is 88.9 Å². The first-order valence-corrected chi connectivity index (χ1v) is 14.0. The standard InChI is InChI=1S/C32H34F3N3O4/c1-19-13-24-23-7-4-5-8-27(23)37-30(24)31(38(19)18-32(2,3)35)29-25(33)14-22(15-26(29)34)42-17-20-10-11-21(16-36-20)41-12-6-9-28(39)40/h4-5,7-8,10-11,14-16,19,31,37H,6,9,12-13,17-18H2,1-3H3,(H,39,40)/t19-,31-/m1/s1. The summed E-state index contributed by atoms with van der Waals surface area (Å²) in [7, 11) is 0. The molecule has 2 aromatic carbocycles. The van der Waals surface area contributed by atoms with Crippen LogP contribution in [0.4, 0.5) is 13.2 Å². The van der Waals surface area contributed by atoms with Crippen LogP contribution in [-0.4, -0.2) is 50.8 Å². The van der Waals surface area contributed by atoms with Crippen molar-refractivity contribution in [3.8, 4) is 11.5 Å². The number of ether oxygens (including phenoxy) is 2. The number of carboxylic acid groups (broad SMARTS) is 1. The van der Waals surface area contributed by atoms with Crippen LogP contribution in [0.15, 0.2) is 54.7 Å². The van der Waals surface area contributed by atoms with E-state index in [0.717, 1.165) is 28.6 Å². The third-order valence-corrected chi connectivity index (χ3v) is 7.39. The molecule has 2 N–H and O–H groups in total. The molecular formula is C32H34F3N3O4. The Morgan fingerprint density at radius 1 is 1.12 bits per heavy atom. The second-order valence-electron chi connectivity index (χ2n) is 11.3. The number of rotatable bonds is 11. The summed E-state index contributed by atoms with van der Waals surface area (Å²) in [5, 5.41) is 9.69. The van der Waals surface area contributed by atoms with Crippen LogP contribution in [0.5, 0.6) is 11.5 Å². The molecule has 0 bridgehead atoms. The first-order chi connectivity index (χ1) is 20.0. The number of para-hydroxylation sites is 1. The number of aliphatic carboxylic acids is 1. The van der Waals surface area contributed by atoms with Crippen molar-refractivity contribution in [2.24, 2.45) is 0 Å². The SMILES string of the molecule is C[C@@H]1Cc2c([nH]c3ccccc23)[C@@H](c2c(F)cc(OCc3ccc(OCCCC(=O)O)cn3)cc2F)N1CC(C)(C)F. The largest absolute Gasteiger partial charge is 0.492 e. The molecule has 0 radical (unpaired) electrons. The van der Waals surface area contributed by atoms with Gasteiger partial charge in [-0.05, 0) is 57.4 Å². The Morgan fingerprint density at radius 3 is 2.52 bits per heavy atom. The minimum absolute atomic E-state index is 0.00245. The highest BCUT2D eigenvalue weighted by Gasteiger charge is 2.41. The molecule has 2 atom stereocenters. The van der Waals surface area contributed by atoms with Crippen LogP contribution in [-0.2, 0) is 17.8 Å². The molecule has 5 rings (SSSR count). The van der Waals surface area contributed by atoms with Crippen molar-refractivity contribution in [1.82, 2.24) is 14.9 Å². The molecule has 0 saturated heterocycles. The average molecular weight is 582 g/mol.